The summed E-state index contributed by atoms with van der Waals surface area (Å²) < 4.78 is 7.53. The first kappa shape index (κ1) is 23.7. The molecule has 1 aliphatic heterocycles. The minimum atomic E-state index is -0.419. The average Bonchev–Trinajstić information content (AvgIpc) is 3.46. The number of nitrogens with one attached hydrogen (secondary N) is 2. The molecule has 33 heavy (non-hydrogen) atoms. The van der Waals surface area contributed by atoms with Crippen molar-refractivity contribution in [1.82, 2.24) is 25.4 Å². The minimum Gasteiger partial charge on any atom is -0.467 e. The Morgan fingerprint density at radius 1 is 1.15 bits per heavy atom. The van der Waals surface area contributed by atoms with Crippen LogP contribution in [0.1, 0.15) is 58.1 Å². The predicted molar refractivity (Wildman–Crippen MR) is 127 cm³/mol. The van der Waals surface area contributed by atoms with E-state index in [0.29, 0.717) is 23.5 Å². The Kier molecular flexibility index (Phi) is 7.95. The van der Waals surface area contributed by atoms with Crippen molar-refractivity contribution in [2.45, 2.75) is 70.1 Å². The van der Waals surface area contributed by atoms with Crippen molar-refractivity contribution in [1.29, 1.82) is 0 Å². The van der Waals surface area contributed by atoms with E-state index in [-0.39, 0.29) is 17.7 Å². The molecule has 2 aromatic rings. The van der Waals surface area contributed by atoms with Gasteiger partial charge in [-0.15, -0.1) is 10.2 Å². The highest BCUT2D eigenvalue weighted by atomic mass is 32.2. The van der Waals surface area contributed by atoms with E-state index in [0.717, 1.165) is 50.5 Å². The van der Waals surface area contributed by atoms with Gasteiger partial charge in [0.2, 0.25) is 11.9 Å². The van der Waals surface area contributed by atoms with Gasteiger partial charge in [0.15, 0.2) is 5.16 Å². The normalized spacial score (nSPS) is 23.3. The number of thioether (sulfide) groups is 1. The number of rotatable bonds is 7. The van der Waals surface area contributed by atoms with Crippen molar-refractivity contribution in [3.63, 3.8) is 0 Å². The molecule has 1 saturated heterocycles. The fraction of sp³-hybridized carbons (Fsp3) is 0.652. The monoisotopic (exact) mass is 474 g/mol. The SMILES string of the molecule is C[C@@H]1[C@H](C)CCC[C@H]1NC(=O)NC(=O)CSc1nnc(N2CCCCC2)n1Cc1ccco1. The molecule has 1 saturated carbocycles. The van der Waals surface area contributed by atoms with Crippen molar-refractivity contribution >= 4 is 29.6 Å². The van der Waals surface area contributed by atoms with E-state index >= 15 is 0 Å². The van der Waals surface area contributed by atoms with Crippen LogP contribution in [0.5, 0.6) is 0 Å². The number of furan rings is 1. The zero-order chi connectivity index (χ0) is 23.2. The molecule has 10 heteroatoms. The summed E-state index contributed by atoms with van der Waals surface area (Å²) in [4.78, 5) is 27.1. The Bertz CT molecular complexity index is 925. The van der Waals surface area contributed by atoms with Gasteiger partial charge in [-0.3, -0.25) is 14.7 Å². The van der Waals surface area contributed by atoms with Crippen LogP contribution in [0.2, 0.25) is 0 Å². The maximum atomic E-state index is 12.5. The molecule has 0 unspecified atom stereocenters. The third-order valence-electron chi connectivity index (χ3n) is 6.84. The highest BCUT2D eigenvalue weighted by Gasteiger charge is 2.28. The molecular formula is C23H34N6O3S. The lowest BCUT2D eigenvalue weighted by Gasteiger charge is -2.34. The van der Waals surface area contributed by atoms with E-state index in [4.69, 9.17) is 4.42 Å². The van der Waals surface area contributed by atoms with Gasteiger partial charge >= 0.3 is 6.03 Å². The molecule has 2 fully saturated rings. The van der Waals surface area contributed by atoms with E-state index in [2.05, 4.69) is 39.6 Å². The maximum Gasteiger partial charge on any atom is 0.321 e. The predicted octanol–water partition coefficient (Wildman–Crippen LogP) is 3.65. The molecule has 3 amide bonds. The number of urea groups is 1. The number of aromatic nitrogens is 3. The molecule has 3 heterocycles. The Morgan fingerprint density at radius 2 is 1.97 bits per heavy atom. The Labute approximate surface area is 199 Å². The Balaban J connectivity index is 1.35. The molecule has 1 aliphatic carbocycles. The number of hydrogen-bond acceptors (Lipinski definition) is 7. The number of carbonyl (C=O) groups is 2. The number of anilines is 1. The van der Waals surface area contributed by atoms with E-state index in [1.54, 1.807) is 6.26 Å². The molecule has 0 spiro atoms. The molecular weight excluding hydrogens is 440 g/mol. The number of piperidine rings is 1. The lowest BCUT2D eigenvalue weighted by Crippen LogP contribution is -2.49. The second-order valence-corrected chi connectivity index (χ2v) is 10.1. The largest absolute Gasteiger partial charge is 0.467 e. The molecule has 4 rings (SSSR count). The molecule has 0 bridgehead atoms. The standard InChI is InChI=1S/C23H34N6O3S/c1-16-8-6-10-19(17(16)2)24-21(31)25-20(30)15-33-23-27-26-22(28-11-4-3-5-12-28)29(23)14-18-9-7-13-32-18/h7,9,13,16-17,19H,3-6,8,10-12,14-15H2,1-2H3,(H2,24,25,30,31)/t16-,17-,19-/m1/s1. The summed E-state index contributed by atoms with van der Waals surface area (Å²) in [6, 6.07) is 3.46. The van der Waals surface area contributed by atoms with Crippen LogP contribution in [-0.4, -0.2) is 51.6 Å². The highest BCUT2D eigenvalue weighted by molar-refractivity contribution is 7.99. The molecule has 2 aliphatic rings. The fourth-order valence-electron chi connectivity index (χ4n) is 4.70. The number of hydrogen-bond donors (Lipinski definition) is 2. The van der Waals surface area contributed by atoms with Gasteiger partial charge in [-0.2, -0.15) is 0 Å². The Hall–Kier alpha value is -2.49. The molecule has 0 radical (unpaired) electrons. The van der Waals surface area contributed by atoms with Crippen LogP contribution in [0, 0.1) is 11.8 Å². The lowest BCUT2D eigenvalue weighted by atomic mass is 9.78. The minimum absolute atomic E-state index is 0.0837. The first-order valence-electron chi connectivity index (χ1n) is 11.9. The number of imide groups is 1. The maximum absolute atomic E-state index is 12.5. The quantitative estimate of drug-likeness (QED) is 0.590. The van der Waals surface area contributed by atoms with E-state index in [1.807, 2.05) is 16.7 Å². The summed E-state index contributed by atoms with van der Waals surface area (Å²) in [7, 11) is 0. The van der Waals surface area contributed by atoms with Gasteiger partial charge in [-0.25, -0.2) is 4.79 Å². The van der Waals surface area contributed by atoms with Crippen LogP contribution in [-0.2, 0) is 11.3 Å². The van der Waals surface area contributed by atoms with Crippen LogP contribution >= 0.6 is 11.8 Å². The van der Waals surface area contributed by atoms with Gasteiger partial charge in [0, 0.05) is 19.1 Å². The molecule has 0 aromatic carbocycles. The summed E-state index contributed by atoms with van der Waals surface area (Å²) in [6.07, 6.45) is 8.38. The summed E-state index contributed by atoms with van der Waals surface area (Å²) in [5.41, 5.74) is 0. The van der Waals surface area contributed by atoms with Gasteiger partial charge in [-0.05, 0) is 49.7 Å². The molecule has 2 aromatic heterocycles. The summed E-state index contributed by atoms with van der Waals surface area (Å²) in [6.45, 7) is 6.76. The third kappa shape index (κ3) is 6.10. The van der Waals surface area contributed by atoms with Crippen molar-refractivity contribution in [2.75, 3.05) is 23.7 Å². The van der Waals surface area contributed by atoms with Gasteiger partial charge in [0.05, 0.1) is 18.6 Å². The molecule has 9 nitrogen and oxygen atoms in total. The van der Waals surface area contributed by atoms with E-state index < -0.39 is 6.03 Å². The average molecular weight is 475 g/mol. The van der Waals surface area contributed by atoms with Crippen molar-refractivity contribution < 1.29 is 14.0 Å². The van der Waals surface area contributed by atoms with Crippen molar-refractivity contribution in [2.24, 2.45) is 11.8 Å². The second-order valence-electron chi connectivity index (χ2n) is 9.18. The van der Waals surface area contributed by atoms with Crippen LogP contribution < -0.4 is 15.5 Å². The van der Waals surface area contributed by atoms with Gasteiger partial charge in [-0.1, -0.05) is 38.5 Å². The van der Waals surface area contributed by atoms with Crippen LogP contribution in [0.4, 0.5) is 10.7 Å². The third-order valence-corrected chi connectivity index (χ3v) is 7.81. The van der Waals surface area contributed by atoms with Gasteiger partial charge in [0.1, 0.15) is 5.76 Å². The number of carbonyl (C=O) groups excluding carboxylic acids is 2. The molecule has 2 N–H and O–H groups in total. The van der Waals surface area contributed by atoms with Crippen LogP contribution in [0.15, 0.2) is 28.0 Å². The molecule has 180 valence electrons. The van der Waals surface area contributed by atoms with Crippen LogP contribution in [0.3, 0.4) is 0 Å². The van der Waals surface area contributed by atoms with E-state index in [9.17, 15) is 9.59 Å². The summed E-state index contributed by atoms with van der Waals surface area (Å²) in [5.74, 6) is 2.32. The smallest absolute Gasteiger partial charge is 0.321 e. The van der Waals surface area contributed by atoms with Gasteiger partial charge < -0.3 is 14.6 Å². The zero-order valence-electron chi connectivity index (χ0n) is 19.5. The number of nitrogens with zero attached hydrogens (tertiary/aromatic N) is 4. The summed E-state index contributed by atoms with van der Waals surface area (Å²) >= 11 is 1.28. The first-order chi connectivity index (χ1) is 16.0. The zero-order valence-corrected chi connectivity index (χ0v) is 20.3. The number of amides is 3. The topological polar surface area (TPSA) is 105 Å². The fourth-order valence-corrected chi connectivity index (χ4v) is 5.43. The van der Waals surface area contributed by atoms with Gasteiger partial charge in [0.25, 0.3) is 0 Å². The van der Waals surface area contributed by atoms with Crippen LogP contribution in [0.25, 0.3) is 0 Å². The lowest BCUT2D eigenvalue weighted by molar-refractivity contribution is -0.117. The molecule has 3 atom stereocenters. The highest BCUT2D eigenvalue weighted by Crippen LogP contribution is 2.29. The van der Waals surface area contributed by atoms with Crippen molar-refractivity contribution in [3.8, 4) is 0 Å². The first-order valence-corrected chi connectivity index (χ1v) is 12.9. The second kappa shape index (κ2) is 11.1. The Morgan fingerprint density at radius 3 is 2.73 bits per heavy atom. The van der Waals surface area contributed by atoms with Crippen molar-refractivity contribution in [3.05, 3.63) is 24.2 Å². The van der Waals surface area contributed by atoms with E-state index in [1.165, 1.54) is 24.6 Å². The summed E-state index contributed by atoms with van der Waals surface area (Å²) in [5, 5.41) is 14.9.